The van der Waals surface area contributed by atoms with Crippen LogP contribution in [-0.2, 0) is 9.53 Å². The molecule has 0 aromatic carbocycles. The van der Waals surface area contributed by atoms with Gasteiger partial charge in [0.05, 0.1) is 12.5 Å². The number of aliphatic hydroxyl groups is 1. The molecule has 0 heterocycles. The highest BCUT2D eigenvalue weighted by molar-refractivity contribution is 5.72. The fraction of sp³-hybridized carbons (Fsp3) is 0.917. The lowest BCUT2D eigenvalue weighted by Crippen LogP contribution is -2.42. The highest BCUT2D eigenvalue weighted by atomic mass is 19.3. The summed E-state index contributed by atoms with van der Waals surface area (Å²) in [5.41, 5.74) is 0. The van der Waals surface area contributed by atoms with E-state index in [9.17, 15) is 13.6 Å². The standard InChI is InChI=1S/C12H21F2NO3/c1-2-18-12(17)8-4-3-5-9(6-8)15-7-10(16)11(13)14/h8-11,15-16H,2-7H2,1H3. The summed E-state index contributed by atoms with van der Waals surface area (Å²) in [5, 5.41) is 11.9. The lowest BCUT2D eigenvalue weighted by molar-refractivity contribution is -0.149. The van der Waals surface area contributed by atoms with E-state index in [-0.39, 0.29) is 24.5 Å². The van der Waals surface area contributed by atoms with Crippen molar-refractivity contribution in [1.29, 1.82) is 0 Å². The molecule has 4 nitrogen and oxygen atoms in total. The van der Waals surface area contributed by atoms with Crippen molar-refractivity contribution < 1.29 is 23.4 Å². The van der Waals surface area contributed by atoms with Crippen molar-refractivity contribution in [1.82, 2.24) is 5.32 Å². The summed E-state index contributed by atoms with van der Waals surface area (Å²) in [6, 6.07) is 0.00144. The molecule has 18 heavy (non-hydrogen) atoms. The molecule has 1 saturated carbocycles. The van der Waals surface area contributed by atoms with Crippen LogP contribution in [0.15, 0.2) is 0 Å². The summed E-state index contributed by atoms with van der Waals surface area (Å²) in [6.45, 7) is 1.98. The third kappa shape index (κ3) is 4.86. The van der Waals surface area contributed by atoms with E-state index in [1.165, 1.54) is 0 Å². The molecule has 0 radical (unpaired) electrons. The molecule has 0 aromatic heterocycles. The first kappa shape index (κ1) is 15.3. The van der Waals surface area contributed by atoms with Crippen LogP contribution >= 0.6 is 0 Å². The van der Waals surface area contributed by atoms with Gasteiger partial charge in [-0.2, -0.15) is 0 Å². The van der Waals surface area contributed by atoms with Crippen LogP contribution in [-0.4, -0.2) is 42.8 Å². The average Bonchev–Trinajstić information content (AvgIpc) is 2.36. The highest BCUT2D eigenvalue weighted by Gasteiger charge is 2.28. The maximum absolute atomic E-state index is 12.1. The third-order valence-corrected chi connectivity index (χ3v) is 3.20. The average molecular weight is 265 g/mol. The van der Waals surface area contributed by atoms with Gasteiger partial charge in [0.25, 0.3) is 6.43 Å². The quantitative estimate of drug-likeness (QED) is 0.711. The number of hydrogen-bond acceptors (Lipinski definition) is 4. The van der Waals surface area contributed by atoms with E-state index < -0.39 is 12.5 Å². The normalized spacial score (nSPS) is 26.1. The Morgan fingerprint density at radius 1 is 1.50 bits per heavy atom. The summed E-state index contributed by atoms with van der Waals surface area (Å²) in [5.74, 6) is -0.363. The first-order valence-corrected chi connectivity index (χ1v) is 6.40. The molecule has 0 saturated heterocycles. The Labute approximate surface area is 106 Å². The molecule has 0 aliphatic heterocycles. The van der Waals surface area contributed by atoms with E-state index in [0.717, 1.165) is 19.3 Å². The van der Waals surface area contributed by atoms with Gasteiger partial charge in [0.15, 0.2) is 0 Å². The maximum atomic E-state index is 12.1. The van der Waals surface area contributed by atoms with Crippen LogP contribution in [0.5, 0.6) is 0 Å². The van der Waals surface area contributed by atoms with Gasteiger partial charge in [-0.05, 0) is 26.2 Å². The Hall–Kier alpha value is -0.750. The van der Waals surface area contributed by atoms with E-state index in [1.54, 1.807) is 6.92 Å². The molecule has 3 atom stereocenters. The number of aliphatic hydroxyl groups excluding tert-OH is 1. The Bertz CT molecular complexity index is 264. The van der Waals surface area contributed by atoms with Crippen molar-refractivity contribution >= 4 is 5.97 Å². The van der Waals surface area contributed by atoms with Gasteiger partial charge < -0.3 is 15.2 Å². The van der Waals surface area contributed by atoms with Crippen molar-refractivity contribution in [3.63, 3.8) is 0 Å². The minimum absolute atomic E-state index is 0.00144. The van der Waals surface area contributed by atoms with Crippen molar-refractivity contribution in [3.8, 4) is 0 Å². The smallest absolute Gasteiger partial charge is 0.308 e. The number of alkyl halides is 2. The summed E-state index contributed by atoms with van der Waals surface area (Å²) in [6.07, 6.45) is -1.30. The number of esters is 1. The largest absolute Gasteiger partial charge is 0.466 e. The molecule has 0 bridgehead atoms. The molecule has 106 valence electrons. The Kier molecular flexibility index (Phi) is 6.49. The van der Waals surface area contributed by atoms with Crippen molar-refractivity contribution in [2.75, 3.05) is 13.2 Å². The van der Waals surface area contributed by atoms with Gasteiger partial charge in [-0.15, -0.1) is 0 Å². The fourth-order valence-electron chi connectivity index (χ4n) is 2.23. The van der Waals surface area contributed by atoms with E-state index in [1.807, 2.05) is 0 Å². The van der Waals surface area contributed by atoms with Gasteiger partial charge in [0.2, 0.25) is 0 Å². The second-order valence-electron chi connectivity index (χ2n) is 4.62. The predicted molar refractivity (Wildman–Crippen MR) is 62.4 cm³/mol. The van der Waals surface area contributed by atoms with Crippen LogP contribution in [0.1, 0.15) is 32.6 Å². The fourth-order valence-corrected chi connectivity index (χ4v) is 2.23. The second kappa shape index (κ2) is 7.63. The molecule has 6 heteroatoms. The summed E-state index contributed by atoms with van der Waals surface area (Å²) < 4.78 is 29.2. The van der Waals surface area contributed by atoms with Crippen LogP contribution < -0.4 is 5.32 Å². The lowest BCUT2D eigenvalue weighted by Gasteiger charge is -2.29. The molecular formula is C12H21F2NO3. The van der Waals surface area contributed by atoms with E-state index in [2.05, 4.69) is 5.32 Å². The van der Waals surface area contributed by atoms with Gasteiger partial charge in [-0.1, -0.05) is 6.42 Å². The van der Waals surface area contributed by atoms with Crippen molar-refractivity contribution in [2.45, 2.75) is 51.2 Å². The number of carbonyl (C=O) groups excluding carboxylic acids is 1. The predicted octanol–water partition coefficient (Wildman–Crippen LogP) is 1.32. The van der Waals surface area contributed by atoms with E-state index in [0.29, 0.717) is 13.0 Å². The summed E-state index contributed by atoms with van der Waals surface area (Å²) >= 11 is 0. The van der Waals surface area contributed by atoms with Gasteiger partial charge in [0, 0.05) is 12.6 Å². The Balaban J connectivity index is 2.32. The minimum Gasteiger partial charge on any atom is -0.466 e. The molecule has 0 aromatic rings. The van der Waals surface area contributed by atoms with Crippen molar-refractivity contribution in [2.24, 2.45) is 5.92 Å². The molecule has 0 spiro atoms. The third-order valence-electron chi connectivity index (χ3n) is 3.20. The number of carbonyl (C=O) groups is 1. The van der Waals surface area contributed by atoms with Gasteiger partial charge in [-0.25, -0.2) is 8.78 Å². The number of hydrogen-bond donors (Lipinski definition) is 2. The molecule has 2 N–H and O–H groups in total. The zero-order valence-electron chi connectivity index (χ0n) is 10.6. The zero-order valence-corrected chi connectivity index (χ0v) is 10.6. The number of nitrogens with one attached hydrogen (secondary N) is 1. The monoisotopic (exact) mass is 265 g/mol. The highest BCUT2D eigenvalue weighted by Crippen LogP contribution is 2.25. The van der Waals surface area contributed by atoms with Crippen LogP contribution in [0, 0.1) is 5.92 Å². The Morgan fingerprint density at radius 2 is 2.22 bits per heavy atom. The van der Waals surface area contributed by atoms with Gasteiger partial charge in [-0.3, -0.25) is 4.79 Å². The molecule has 1 fully saturated rings. The molecule has 3 unspecified atom stereocenters. The molecule has 1 rings (SSSR count). The van der Waals surface area contributed by atoms with Crippen LogP contribution in [0.25, 0.3) is 0 Å². The van der Waals surface area contributed by atoms with Crippen molar-refractivity contribution in [3.05, 3.63) is 0 Å². The number of rotatable bonds is 6. The van der Waals surface area contributed by atoms with E-state index in [4.69, 9.17) is 9.84 Å². The van der Waals surface area contributed by atoms with Crippen LogP contribution in [0.3, 0.4) is 0 Å². The summed E-state index contributed by atoms with van der Waals surface area (Å²) in [7, 11) is 0. The van der Waals surface area contributed by atoms with Crippen LogP contribution in [0.2, 0.25) is 0 Å². The molecule has 0 amide bonds. The molecule has 1 aliphatic rings. The zero-order chi connectivity index (χ0) is 13.5. The molecular weight excluding hydrogens is 244 g/mol. The molecule has 1 aliphatic carbocycles. The topological polar surface area (TPSA) is 58.6 Å². The SMILES string of the molecule is CCOC(=O)C1CCCC(NCC(O)C(F)F)C1. The second-order valence-corrected chi connectivity index (χ2v) is 4.62. The van der Waals surface area contributed by atoms with Crippen LogP contribution in [0.4, 0.5) is 8.78 Å². The minimum atomic E-state index is -2.73. The maximum Gasteiger partial charge on any atom is 0.308 e. The van der Waals surface area contributed by atoms with E-state index >= 15 is 0 Å². The van der Waals surface area contributed by atoms with Gasteiger partial charge in [0.1, 0.15) is 6.10 Å². The number of halogens is 2. The number of ether oxygens (including phenoxy) is 1. The first-order valence-electron chi connectivity index (χ1n) is 6.40. The first-order chi connectivity index (χ1) is 8.54. The van der Waals surface area contributed by atoms with Gasteiger partial charge >= 0.3 is 5.97 Å². The lowest BCUT2D eigenvalue weighted by atomic mass is 9.85. The Morgan fingerprint density at radius 3 is 2.83 bits per heavy atom. The summed E-state index contributed by atoms with van der Waals surface area (Å²) in [4.78, 5) is 11.6.